The first-order valence-corrected chi connectivity index (χ1v) is 11.2. The second-order valence-electron chi connectivity index (χ2n) is 7.94. The number of hydrogen-bond donors (Lipinski definition) is 1. The van der Waals surface area contributed by atoms with Crippen molar-refractivity contribution in [2.45, 2.75) is 0 Å². The number of rotatable bonds is 2. The largest absolute Gasteiger partial charge is 0.456 e. The molecule has 0 saturated heterocycles. The molecule has 7 aromatic rings. The van der Waals surface area contributed by atoms with Crippen molar-refractivity contribution in [1.29, 1.82) is 0 Å². The zero-order valence-electron chi connectivity index (χ0n) is 16.6. The van der Waals surface area contributed by atoms with Crippen LogP contribution < -0.4 is 5.32 Å². The van der Waals surface area contributed by atoms with Gasteiger partial charge in [0, 0.05) is 42.3 Å². The molecule has 2 nitrogen and oxygen atoms in total. The van der Waals surface area contributed by atoms with E-state index in [0.29, 0.717) is 0 Å². The van der Waals surface area contributed by atoms with Crippen molar-refractivity contribution >= 4 is 75.6 Å². The Hall–Kier alpha value is -3.82. The number of fused-ring (bicyclic) bond motifs is 7. The van der Waals surface area contributed by atoms with Gasteiger partial charge in [-0.2, -0.15) is 0 Å². The summed E-state index contributed by atoms with van der Waals surface area (Å²) in [6, 6.07) is 34.3. The highest BCUT2D eigenvalue weighted by atomic mass is 32.1. The molecule has 3 heteroatoms. The van der Waals surface area contributed by atoms with E-state index in [1.54, 1.807) is 0 Å². The molecule has 2 aromatic heterocycles. The fraction of sp³-hybridized carbons (Fsp3) is 0. The lowest BCUT2D eigenvalue weighted by Gasteiger charge is -2.07. The van der Waals surface area contributed by atoms with Crippen LogP contribution in [0.3, 0.4) is 0 Å². The van der Waals surface area contributed by atoms with Gasteiger partial charge in [0.15, 0.2) is 0 Å². The van der Waals surface area contributed by atoms with E-state index in [4.69, 9.17) is 4.42 Å². The van der Waals surface area contributed by atoms with Crippen LogP contribution in [0.4, 0.5) is 11.4 Å². The Bertz CT molecular complexity index is 1770. The van der Waals surface area contributed by atoms with Gasteiger partial charge in [0.25, 0.3) is 0 Å². The summed E-state index contributed by atoms with van der Waals surface area (Å²) in [4.78, 5) is 0. The van der Waals surface area contributed by atoms with Crippen LogP contribution in [0.5, 0.6) is 0 Å². The van der Waals surface area contributed by atoms with Crippen LogP contribution in [0, 0.1) is 0 Å². The molecule has 0 fully saturated rings. The minimum absolute atomic E-state index is 0.915. The Morgan fingerprint density at radius 1 is 0.516 bits per heavy atom. The van der Waals surface area contributed by atoms with Crippen LogP contribution in [0.15, 0.2) is 101 Å². The van der Waals surface area contributed by atoms with Gasteiger partial charge in [0.1, 0.15) is 11.2 Å². The van der Waals surface area contributed by atoms with Gasteiger partial charge in [-0.1, -0.05) is 42.5 Å². The highest BCUT2D eigenvalue weighted by Gasteiger charge is 2.10. The molecule has 0 saturated carbocycles. The van der Waals surface area contributed by atoms with Gasteiger partial charge in [0.2, 0.25) is 0 Å². The number of benzene rings is 5. The molecule has 0 amide bonds. The van der Waals surface area contributed by atoms with Crippen LogP contribution in [-0.4, -0.2) is 0 Å². The Balaban J connectivity index is 1.35. The van der Waals surface area contributed by atoms with Crippen LogP contribution >= 0.6 is 11.3 Å². The fourth-order valence-electron chi connectivity index (χ4n) is 4.51. The smallest absolute Gasteiger partial charge is 0.135 e. The van der Waals surface area contributed by atoms with Crippen LogP contribution in [-0.2, 0) is 0 Å². The molecular formula is C28H17NOS. The number of hydrogen-bond acceptors (Lipinski definition) is 3. The summed E-state index contributed by atoms with van der Waals surface area (Å²) in [7, 11) is 0. The van der Waals surface area contributed by atoms with Crippen molar-refractivity contribution in [1.82, 2.24) is 0 Å². The van der Waals surface area contributed by atoms with E-state index in [2.05, 4.69) is 84.2 Å². The molecule has 0 aliphatic carbocycles. The summed E-state index contributed by atoms with van der Waals surface area (Å²) in [5, 5.41) is 11.1. The maximum Gasteiger partial charge on any atom is 0.135 e. The first-order chi connectivity index (χ1) is 15.3. The van der Waals surface area contributed by atoms with Crippen molar-refractivity contribution in [3.8, 4) is 0 Å². The summed E-state index contributed by atoms with van der Waals surface area (Å²) >= 11 is 1.86. The van der Waals surface area contributed by atoms with E-state index in [1.165, 1.54) is 30.9 Å². The van der Waals surface area contributed by atoms with E-state index >= 15 is 0 Å². The molecule has 0 spiro atoms. The van der Waals surface area contributed by atoms with Crippen molar-refractivity contribution in [2.24, 2.45) is 0 Å². The Morgan fingerprint density at radius 3 is 2.10 bits per heavy atom. The standard InChI is InChI=1S/C28H17NOS/c1-2-6-18-14-28-23(13-17(18)5-1)24-16-20(10-12-27(24)31-28)29-19-9-11-26-22(15-19)21-7-3-4-8-25(21)30-26/h1-16,29H. The molecule has 5 aromatic carbocycles. The van der Waals surface area contributed by atoms with Crippen molar-refractivity contribution in [2.75, 3.05) is 5.32 Å². The number of furan rings is 1. The first-order valence-electron chi connectivity index (χ1n) is 10.4. The average molecular weight is 416 g/mol. The lowest BCUT2D eigenvalue weighted by Crippen LogP contribution is -1.89. The molecule has 146 valence electrons. The minimum atomic E-state index is 0.915. The second kappa shape index (κ2) is 6.34. The maximum atomic E-state index is 5.96. The van der Waals surface area contributed by atoms with Gasteiger partial charge in [-0.15, -0.1) is 11.3 Å². The van der Waals surface area contributed by atoms with Gasteiger partial charge in [-0.25, -0.2) is 0 Å². The van der Waals surface area contributed by atoms with E-state index in [0.717, 1.165) is 33.3 Å². The zero-order valence-corrected chi connectivity index (χ0v) is 17.4. The van der Waals surface area contributed by atoms with Gasteiger partial charge in [0.05, 0.1) is 0 Å². The molecule has 0 aliphatic heterocycles. The Kier molecular flexibility index (Phi) is 3.46. The summed E-state index contributed by atoms with van der Waals surface area (Å²) in [5.74, 6) is 0. The SMILES string of the molecule is c1ccc2cc3c(cc2c1)sc1ccc(Nc2ccc4oc5ccccc5c4c2)cc13. The maximum absolute atomic E-state index is 5.96. The van der Waals surface area contributed by atoms with Crippen molar-refractivity contribution < 1.29 is 4.42 Å². The van der Waals surface area contributed by atoms with Gasteiger partial charge >= 0.3 is 0 Å². The fourth-order valence-corrected chi connectivity index (χ4v) is 5.63. The molecule has 0 unspecified atom stereocenters. The van der Waals surface area contributed by atoms with E-state index in [-0.39, 0.29) is 0 Å². The molecule has 0 radical (unpaired) electrons. The van der Waals surface area contributed by atoms with E-state index < -0.39 is 0 Å². The normalized spacial score (nSPS) is 11.9. The number of thiophene rings is 1. The molecule has 1 N–H and O–H groups in total. The van der Waals surface area contributed by atoms with Gasteiger partial charge in [-0.3, -0.25) is 0 Å². The molecule has 0 bridgehead atoms. The topological polar surface area (TPSA) is 25.2 Å². The summed E-state index contributed by atoms with van der Waals surface area (Å²) in [5.41, 5.74) is 3.99. The Morgan fingerprint density at radius 2 is 1.19 bits per heavy atom. The summed E-state index contributed by atoms with van der Waals surface area (Å²) < 4.78 is 8.60. The number of anilines is 2. The van der Waals surface area contributed by atoms with E-state index in [9.17, 15) is 0 Å². The summed E-state index contributed by atoms with van der Waals surface area (Å²) in [6.45, 7) is 0. The third-order valence-corrected chi connectivity index (χ3v) is 7.14. The quantitative estimate of drug-likeness (QED) is 0.305. The highest BCUT2D eigenvalue weighted by Crippen LogP contribution is 2.38. The van der Waals surface area contributed by atoms with Crippen LogP contribution in [0.25, 0.3) is 52.9 Å². The third-order valence-electron chi connectivity index (χ3n) is 6.00. The molecule has 2 heterocycles. The zero-order chi connectivity index (χ0) is 20.4. The lowest BCUT2D eigenvalue weighted by molar-refractivity contribution is 0.669. The van der Waals surface area contributed by atoms with Crippen molar-refractivity contribution in [3.05, 3.63) is 97.1 Å². The minimum Gasteiger partial charge on any atom is -0.456 e. The molecule has 7 rings (SSSR count). The van der Waals surface area contributed by atoms with Gasteiger partial charge in [-0.05, 0) is 65.4 Å². The highest BCUT2D eigenvalue weighted by molar-refractivity contribution is 7.25. The lowest BCUT2D eigenvalue weighted by atomic mass is 10.1. The molecule has 0 atom stereocenters. The predicted octanol–water partition coefficient (Wildman–Crippen LogP) is 8.85. The monoisotopic (exact) mass is 415 g/mol. The average Bonchev–Trinajstić information content (AvgIpc) is 3.35. The second-order valence-corrected chi connectivity index (χ2v) is 9.03. The first kappa shape index (κ1) is 16.9. The molecule has 31 heavy (non-hydrogen) atoms. The third kappa shape index (κ3) is 2.64. The predicted molar refractivity (Wildman–Crippen MR) is 134 cm³/mol. The van der Waals surface area contributed by atoms with Gasteiger partial charge < -0.3 is 9.73 Å². The van der Waals surface area contributed by atoms with Crippen LogP contribution in [0.1, 0.15) is 0 Å². The number of para-hydroxylation sites is 1. The van der Waals surface area contributed by atoms with E-state index in [1.807, 2.05) is 29.5 Å². The number of nitrogens with one attached hydrogen (secondary N) is 1. The van der Waals surface area contributed by atoms with Crippen molar-refractivity contribution in [3.63, 3.8) is 0 Å². The Labute approximate surface area is 182 Å². The summed E-state index contributed by atoms with van der Waals surface area (Å²) in [6.07, 6.45) is 0. The molecule has 0 aliphatic rings. The molecular weight excluding hydrogens is 398 g/mol. The van der Waals surface area contributed by atoms with Crippen LogP contribution in [0.2, 0.25) is 0 Å².